The topological polar surface area (TPSA) is 29.1 Å². The summed E-state index contributed by atoms with van der Waals surface area (Å²) in [7, 11) is 0. The summed E-state index contributed by atoms with van der Waals surface area (Å²) in [6.07, 6.45) is 0. The Morgan fingerprint density at radius 2 is 1.62 bits per heavy atom. The molecule has 0 saturated heterocycles. The van der Waals surface area contributed by atoms with Crippen molar-refractivity contribution in [2.45, 2.75) is 40.0 Å². The number of carbonyl (C=O) groups is 1. The fourth-order valence-electron chi connectivity index (χ4n) is 2.32. The molecule has 0 bridgehead atoms. The lowest BCUT2D eigenvalue weighted by Crippen LogP contribution is -2.18. The maximum absolute atomic E-state index is 12.4. The van der Waals surface area contributed by atoms with Crippen molar-refractivity contribution in [1.82, 2.24) is 0 Å². The fourth-order valence-corrected chi connectivity index (χ4v) is 2.32. The quantitative estimate of drug-likeness (QED) is 0.837. The summed E-state index contributed by atoms with van der Waals surface area (Å²) in [4.78, 5) is 12.4. The van der Waals surface area contributed by atoms with Gasteiger partial charge in [-0.2, -0.15) is 0 Å². The first kappa shape index (κ1) is 15.3. The van der Waals surface area contributed by atoms with Crippen molar-refractivity contribution in [3.8, 4) is 0 Å². The monoisotopic (exact) mass is 281 g/mol. The number of hydrogen-bond acceptors (Lipinski definition) is 1. The van der Waals surface area contributed by atoms with E-state index in [4.69, 9.17) is 0 Å². The molecule has 2 nitrogen and oxygen atoms in total. The van der Waals surface area contributed by atoms with Gasteiger partial charge in [0, 0.05) is 11.3 Å². The van der Waals surface area contributed by atoms with Crippen LogP contribution in [0.5, 0.6) is 0 Å². The van der Waals surface area contributed by atoms with Crippen molar-refractivity contribution in [1.29, 1.82) is 0 Å². The van der Waals surface area contributed by atoms with Gasteiger partial charge < -0.3 is 5.32 Å². The summed E-state index contributed by atoms with van der Waals surface area (Å²) in [5, 5.41) is 3.04. The Morgan fingerprint density at radius 3 is 2.24 bits per heavy atom. The third-order valence-electron chi connectivity index (χ3n) is 3.75. The molecular formula is C19H23NO. The Labute approximate surface area is 127 Å². The number of rotatable bonds is 2. The van der Waals surface area contributed by atoms with Gasteiger partial charge in [0.25, 0.3) is 5.91 Å². The van der Waals surface area contributed by atoms with Crippen LogP contribution in [0, 0.1) is 13.8 Å². The van der Waals surface area contributed by atoms with Crippen LogP contribution in [-0.4, -0.2) is 5.91 Å². The summed E-state index contributed by atoms with van der Waals surface area (Å²) in [6.45, 7) is 10.5. The molecule has 0 saturated carbocycles. The second-order valence-electron chi connectivity index (χ2n) is 6.55. The van der Waals surface area contributed by atoms with E-state index in [2.05, 4.69) is 32.2 Å². The molecule has 1 amide bonds. The van der Waals surface area contributed by atoms with Crippen molar-refractivity contribution < 1.29 is 4.79 Å². The highest BCUT2D eigenvalue weighted by molar-refractivity contribution is 6.04. The minimum Gasteiger partial charge on any atom is -0.322 e. The number of amides is 1. The van der Waals surface area contributed by atoms with Crippen LogP contribution in [-0.2, 0) is 5.41 Å². The second-order valence-corrected chi connectivity index (χ2v) is 6.55. The average molecular weight is 281 g/mol. The first-order valence-corrected chi connectivity index (χ1v) is 7.27. The van der Waals surface area contributed by atoms with Crippen LogP contribution in [0.3, 0.4) is 0 Å². The van der Waals surface area contributed by atoms with Gasteiger partial charge in [0.1, 0.15) is 0 Å². The van der Waals surface area contributed by atoms with Crippen LogP contribution in [0.15, 0.2) is 42.5 Å². The van der Waals surface area contributed by atoms with E-state index in [1.807, 2.05) is 50.2 Å². The zero-order valence-electron chi connectivity index (χ0n) is 13.4. The number of benzene rings is 2. The van der Waals surface area contributed by atoms with Crippen LogP contribution in [0.2, 0.25) is 0 Å². The average Bonchev–Trinajstić information content (AvgIpc) is 2.41. The van der Waals surface area contributed by atoms with Gasteiger partial charge in [-0.15, -0.1) is 0 Å². The molecule has 2 heteroatoms. The minimum atomic E-state index is -0.0604. The Hall–Kier alpha value is -2.09. The highest BCUT2D eigenvalue weighted by Crippen LogP contribution is 2.29. The molecule has 21 heavy (non-hydrogen) atoms. The number of para-hydroxylation sites is 1. The Kier molecular flexibility index (Phi) is 4.17. The third kappa shape index (κ3) is 3.52. The normalized spacial score (nSPS) is 11.3. The first-order chi connectivity index (χ1) is 9.79. The third-order valence-corrected chi connectivity index (χ3v) is 3.75. The van der Waals surface area contributed by atoms with E-state index in [9.17, 15) is 4.79 Å². The molecule has 2 rings (SSSR count). The Bertz CT molecular complexity index is 666. The molecule has 1 N–H and O–H groups in total. The van der Waals surface area contributed by atoms with Crippen LogP contribution in [0.4, 0.5) is 5.69 Å². The summed E-state index contributed by atoms with van der Waals surface area (Å²) in [6, 6.07) is 13.8. The van der Waals surface area contributed by atoms with E-state index in [1.165, 1.54) is 5.56 Å². The maximum atomic E-state index is 12.4. The van der Waals surface area contributed by atoms with Gasteiger partial charge in [-0.25, -0.2) is 0 Å². The lowest BCUT2D eigenvalue weighted by molar-refractivity contribution is 0.102. The van der Waals surface area contributed by atoms with Crippen LogP contribution < -0.4 is 5.32 Å². The molecule has 0 radical (unpaired) electrons. The molecule has 0 atom stereocenters. The van der Waals surface area contributed by atoms with Crippen molar-refractivity contribution in [3.05, 3.63) is 64.7 Å². The largest absolute Gasteiger partial charge is 0.322 e. The van der Waals surface area contributed by atoms with E-state index >= 15 is 0 Å². The number of carbonyl (C=O) groups excluding carboxylic acids is 1. The SMILES string of the molecule is Cc1ccc(C(=O)Nc2ccccc2C(C)(C)C)cc1C. The molecule has 0 aromatic heterocycles. The van der Waals surface area contributed by atoms with Crippen molar-refractivity contribution in [3.63, 3.8) is 0 Å². The number of aryl methyl sites for hydroxylation is 2. The van der Waals surface area contributed by atoms with Gasteiger partial charge in [-0.05, 0) is 54.2 Å². The van der Waals surface area contributed by atoms with Crippen LogP contribution in [0.1, 0.15) is 47.8 Å². The van der Waals surface area contributed by atoms with E-state index in [0.717, 1.165) is 16.8 Å². The second kappa shape index (κ2) is 5.72. The lowest BCUT2D eigenvalue weighted by atomic mass is 9.86. The zero-order chi connectivity index (χ0) is 15.6. The van der Waals surface area contributed by atoms with Crippen molar-refractivity contribution in [2.75, 3.05) is 5.32 Å². The van der Waals surface area contributed by atoms with Crippen LogP contribution >= 0.6 is 0 Å². The molecule has 0 aliphatic carbocycles. The van der Waals surface area contributed by atoms with E-state index in [-0.39, 0.29) is 11.3 Å². The van der Waals surface area contributed by atoms with Crippen molar-refractivity contribution >= 4 is 11.6 Å². The highest BCUT2D eigenvalue weighted by Gasteiger charge is 2.19. The van der Waals surface area contributed by atoms with Crippen LogP contribution in [0.25, 0.3) is 0 Å². The van der Waals surface area contributed by atoms with Gasteiger partial charge in [-0.1, -0.05) is 45.0 Å². The molecule has 0 unspecified atom stereocenters. The standard InChI is InChI=1S/C19H23NO/c1-13-10-11-15(12-14(13)2)18(21)20-17-9-7-6-8-16(17)19(3,4)5/h6-12H,1-5H3,(H,20,21). The molecular weight excluding hydrogens is 258 g/mol. The van der Waals surface area contributed by atoms with Gasteiger partial charge in [0.15, 0.2) is 0 Å². The van der Waals surface area contributed by atoms with Gasteiger partial charge >= 0.3 is 0 Å². The highest BCUT2D eigenvalue weighted by atomic mass is 16.1. The van der Waals surface area contributed by atoms with Gasteiger partial charge in [-0.3, -0.25) is 4.79 Å². The summed E-state index contributed by atoms with van der Waals surface area (Å²) >= 11 is 0. The predicted octanol–water partition coefficient (Wildman–Crippen LogP) is 4.85. The molecule has 110 valence electrons. The number of hydrogen-bond donors (Lipinski definition) is 1. The molecule has 2 aromatic rings. The maximum Gasteiger partial charge on any atom is 0.255 e. The lowest BCUT2D eigenvalue weighted by Gasteiger charge is -2.23. The minimum absolute atomic E-state index is 0.00688. The molecule has 0 fully saturated rings. The number of nitrogens with one attached hydrogen (secondary N) is 1. The van der Waals surface area contributed by atoms with E-state index in [1.54, 1.807) is 0 Å². The predicted molar refractivity (Wildman–Crippen MR) is 89.0 cm³/mol. The summed E-state index contributed by atoms with van der Waals surface area (Å²) < 4.78 is 0. The van der Waals surface area contributed by atoms with E-state index < -0.39 is 0 Å². The van der Waals surface area contributed by atoms with Gasteiger partial charge in [0.2, 0.25) is 0 Å². The fraction of sp³-hybridized carbons (Fsp3) is 0.316. The zero-order valence-corrected chi connectivity index (χ0v) is 13.4. The number of anilines is 1. The van der Waals surface area contributed by atoms with Gasteiger partial charge in [0.05, 0.1) is 0 Å². The van der Waals surface area contributed by atoms with Crippen molar-refractivity contribution in [2.24, 2.45) is 0 Å². The molecule has 0 aliphatic heterocycles. The summed E-state index contributed by atoms with van der Waals surface area (Å²) in [5.74, 6) is -0.0604. The Morgan fingerprint density at radius 1 is 0.952 bits per heavy atom. The smallest absolute Gasteiger partial charge is 0.255 e. The first-order valence-electron chi connectivity index (χ1n) is 7.27. The molecule has 0 aliphatic rings. The molecule has 0 heterocycles. The molecule has 2 aromatic carbocycles. The molecule has 0 spiro atoms. The summed E-state index contributed by atoms with van der Waals surface area (Å²) in [5.41, 5.74) is 5.04. The Balaban J connectivity index is 2.30. The van der Waals surface area contributed by atoms with E-state index in [0.29, 0.717) is 5.56 Å².